The van der Waals surface area contributed by atoms with Gasteiger partial charge in [0.15, 0.2) is 5.82 Å². The van der Waals surface area contributed by atoms with Crippen LogP contribution in [0.2, 0.25) is 0 Å². The van der Waals surface area contributed by atoms with Crippen LogP contribution in [0.5, 0.6) is 5.75 Å². The number of phenols is 1. The van der Waals surface area contributed by atoms with E-state index < -0.39 is 0 Å². The van der Waals surface area contributed by atoms with E-state index >= 15 is 0 Å². The van der Waals surface area contributed by atoms with E-state index in [4.69, 9.17) is 0 Å². The number of rotatable bonds is 5. The summed E-state index contributed by atoms with van der Waals surface area (Å²) in [5.74, 6) is 1.50. The van der Waals surface area contributed by atoms with Crippen LogP contribution in [0.25, 0.3) is 0 Å². The molecule has 1 unspecified atom stereocenters. The average molecular weight is 421 g/mol. The first-order valence-electron chi connectivity index (χ1n) is 11.0. The highest BCUT2D eigenvalue weighted by atomic mass is 19.1. The summed E-state index contributed by atoms with van der Waals surface area (Å²) in [4.78, 5) is 18.8. The van der Waals surface area contributed by atoms with Crippen LogP contribution in [0, 0.1) is 11.7 Å². The number of carbonyl (C=O) groups is 1. The summed E-state index contributed by atoms with van der Waals surface area (Å²) in [6.45, 7) is 0.458. The smallest absolute Gasteiger partial charge is 0.251 e. The molecule has 2 aromatic carbocycles. The van der Waals surface area contributed by atoms with Gasteiger partial charge in [-0.05, 0) is 60.7 Å². The minimum Gasteiger partial charge on any atom is -0.508 e. The lowest BCUT2D eigenvalue weighted by molar-refractivity contribution is -0.408. The molecular formula is C25H27FN3O2+. The zero-order valence-corrected chi connectivity index (χ0v) is 17.4. The third-order valence-electron chi connectivity index (χ3n) is 6.59. The first-order valence-corrected chi connectivity index (χ1v) is 11.0. The SMILES string of the molecule is O=C1C(Cc2ccc(F)cc2)NC2=C(CC3CCCC3)[NH+]=C(c3ccc(O)cc3)CN12. The fourth-order valence-corrected chi connectivity index (χ4v) is 4.92. The molecule has 5 nitrogen and oxygen atoms in total. The van der Waals surface area contributed by atoms with Gasteiger partial charge < -0.3 is 10.4 Å². The predicted molar refractivity (Wildman–Crippen MR) is 116 cm³/mol. The number of nitrogens with one attached hydrogen (secondary N) is 2. The Bertz CT molecular complexity index is 1040. The Hall–Kier alpha value is -3.15. The van der Waals surface area contributed by atoms with Gasteiger partial charge in [-0.15, -0.1) is 0 Å². The van der Waals surface area contributed by atoms with Gasteiger partial charge in [-0.25, -0.2) is 9.38 Å². The topological polar surface area (TPSA) is 66.5 Å². The van der Waals surface area contributed by atoms with Crippen molar-refractivity contribution in [3.05, 3.63) is 77.0 Å². The number of halogens is 1. The molecule has 2 aromatic rings. The number of aromatic hydroxyl groups is 1. The van der Waals surface area contributed by atoms with E-state index in [2.05, 4.69) is 10.3 Å². The zero-order chi connectivity index (χ0) is 21.4. The Kier molecular flexibility index (Phi) is 5.22. The lowest BCUT2D eigenvalue weighted by Crippen LogP contribution is -2.76. The molecule has 1 saturated carbocycles. The maximum atomic E-state index is 13.3. The zero-order valence-electron chi connectivity index (χ0n) is 17.4. The van der Waals surface area contributed by atoms with E-state index in [1.54, 1.807) is 24.3 Å². The molecule has 2 aliphatic heterocycles. The van der Waals surface area contributed by atoms with Crippen molar-refractivity contribution in [3.8, 4) is 5.75 Å². The van der Waals surface area contributed by atoms with Gasteiger partial charge in [0.2, 0.25) is 11.4 Å². The van der Waals surface area contributed by atoms with Crippen LogP contribution in [0.15, 0.2) is 60.0 Å². The Morgan fingerprint density at radius 1 is 1.03 bits per heavy atom. The quantitative estimate of drug-likeness (QED) is 0.695. The van der Waals surface area contributed by atoms with Gasteiger partial charge in [-0.1, -0.05) is 25.0 Å². The standard InChI is InChI=1S/C25H26FN3O2/c26-19-9-5-17(6-10-19)14-22-25(31)29-15-23(18-7-11-20(30)12-8-18)27-21(24(29)28-22)13-16-3-1-2-4-16/h5-12,16,22,28,30H,1-4,13-15H2/p+1. The lowest BCUT2D eigenvalue weighted by atomic mass is 10.00. The number of phenolic OH excluding ortho intramolecular Hbond substituents is 1. The molecule has 31 heavy (non-hydrogen) atoms. The van der Waals surface area contributed by atoms with Crippen LogP contribution >= 0.6 is 0 Å². The molecule has 1 amide bonds. The number of allylic oxidation sites excluding steroid dienone is 1. The third-order valence-corrected chi connectivity index (χ3v) is 6.59. The third kappa shape index (κ3) is 4.07. The molecule has 0 bridgehead atoms. The molecule has 0 aromatic heterocycles. The number of nitrogens with zero attached hydrogens (tertiary/aromatic N) is 1. The van der Waals surface area contributed by atoms with E-state index in [9.17, 15) is 14.3 Å². The lowest BCUT2D eigenvalue weighted by Gasteiger charge is -2.21. The summed E-state index contributed by atoms with van der Waals surface area (Å²) < 4.78 is 13.3. The molecule has 3 aliphatic rings. The van der Waals surface area contributed by atoms with E-state index in [0.717, 1.165) is 34.8 Å². The molecule has 0 spiro atoms. The Morgan fingerprint density at radius 3 is 2.45 bits per heavy atom. The van der Waals surface area contributed by atoms with Crippen molar-refractivity contribution in [2.24, 2.45) is 5.92 Å². The van der Waals surface area contributed by atoms with Gasteiger partial charge in [0, 0.05) is 18.4 Å². The molecule has 160 valence electrons. The molecule has 2 heterocycles. The molecule has 1 saturated heterocycles. The van der Waals surface area contributed by atoms with Crippen LogP contribution in [0.1, 0.15) is 43.2 Å². The minimum atomic E-state index is -0.361. The summed E-state index contributed by atoms with van der Waals surface area (Å²) in [6, 6.07) is 13.1. The highest BCUT2D eigenvalue weighted by Crippen LogP contribution is 2.31. The largest absolute Gasteiger partial charge is 0.508 e. The van der Waals surface area contributed by atoms with Crippen molar-refractivity contribution in [3.63, 3.8) is 0 Å². The number of fused-ring (bicyclic) bond motifs is 1. The van der Waals surface area contributed by atoms with Gasteiger partial charge >= 0.3 is 0 Å². The van der Waals surface area contributed by atoms with E-state index in [1.165, 1.54) is 37.8 Å². The minimum absolute atomic E-state index is 0.0426. The maximum absolute atomic E-state index is 13.3. The van der Waals surface area contributed by atoms with Gasteiger partial charge in [-0.2, -0.15) is 0 Å². The predicted octanol–water partition coefficient (Wildman–Crippen LogP) is 2.21. The highest BCUT2D eigenvalue weighted by molar-refractivity contribution is 6.02. The van der Waals surface area contributed by atoms with Gasteiger partial charge in [0.25, 0.3) is 5.91 Å². The van der Waals surface area contributed by atoms with Crippen molar-refractivity contribution in [1.82, 2.24) is 10.2 Å². The highest BCUT2D eigenvalue weighted by Gasteiger charge is 2.43. The molecule has 6 heteroatoms. The van der Waals surface area contributed by atoms with Crippen molar-refractivity contribution >= 4 is 11.6 Å². The van der Waals surface area contributed by atoms with Crippen LogP contribution in [-0.2, 0) is 11.2 Å². The normalized spacial score (nSPS) is 21.3. The Balaban J connectivity index is 1.44. The van der Waals surface area contributed by atoms with Crippen LogP contribution < -0.4 is 10.3 Å². The van der Waals surface area contributed by atoms with Gasteiger partial charge in [-0.3, -0.25) is 9.69 Å². The van der Waals surface area contributed by atoms with Crippen LogP contribution in [-0.4, -0.2) is 34.2 Å². The van der Waals surface area contributed by atoms with Gasteiger partial charge in [0.1, 0.15) is 24.2 Å². The number of carbonyl (C=O) groups excluding carboxylic acids is 1. The second-order valence-corrected chi connectivity index (χ2v) is 8.78. The van der Waals surface area contributed by atoms with E-state index in [0.29, 0.717) is 18.9 Å². The molecule has 0 radical (unpaired) electrons. The molecule has 1 aliphatic carbocycles. The monoisotopic (exact) mass is 420 g/mol. The first kappa shape index (κ1) is 19.8. The van der Waals surface area contributed by atoms with E-state index in [1.807, 2.05) is 17.0 Å². The molecular weight excluding hydrogens is 393 g/mol. The number of hydrogen-bond acceptors (Lipinski definition) is 3. The van der Waals surface area contributed by atoms with E-state index in [-0.39, 0.29) is 23.5 Å². The van der Waals surface area contributed by atoms with Crippen molar-refractivity contribution in [1.29, 1.82) is 0 Å². The molecule has 2 fully saturated rings. The van der Waals surface area contributed by atoms with Crippen molar-refractivity contribution in [2.75, 3.05) is 6.54 Å². The summed E-state index contributed by atoms with van der Waals surface area (Å²) in [7, 11) is 0. The summed E-state index contributed by atoms with van der Waals surface area (Å²) in [6.07, 6.45) is 6.41. The fourth-order valence-electron chi connectivity index (χ4n) is 4.92. The molecule has 3 N–H and O–H groups in total. The van der Waals surface area contributed by atoms with Gasteiger partial charge in [0.05, 0.1) is 0 Å². The number of amides is 1. The summed E-state index contributed by atoms with van der Waals surface area (Å²) in [5, 5.41) is 13.1. The van der Waals surface area contributed by atoms with Crippen LogP contribution in [0.4, 0.5) is 4.39 Å². The van der Waals surface area contributed by atoms with Crippen molar-refractivity contribution in [2.45, 2.75) is 44.6 Å². The van der Waals surface area contributed by atoms with Crippen LogP contribution in [0.3, 0.4) is 0 Å². The molecule has 1 atom stereocenters. The Labute approximate surface area is 181 Å². The number of benzene rings is 2. The summed E-state index contributed by atoms with van der Waals surface area (Å²) >= 11 is 0. The second kappa shape index (κ2) is 8.17. The fraction of sp³-hybridized carbons (Fsp3) is 0.360. The number of hydrogen-bond donors (Lipinski definition) is 3. The molecule has 5 rings (SSSR count). The maximum Gasteiger partial charge on any atom is 0.251 e. The average Bonchev–Trinajstić information content (AvgIpc) is 3.39. The first-order chi connectivity index (χ1) is 15.1. The summed E-state index contributed by atoms with van der Waals surface area (Å²) in [5.41, 5.74) is 3.93. The second-order valence-electron chi connectivity index (χ2n) is 8.78. The Morgan fingerprint density at radius 2 is 1.74 bits per heavy atom. The van der Waals surface area contributed by atoms with Crippen molar-refractivity contribution < 1.29 is 19.3 Å².